The molecule has 9 nitrogen and oxygen atoms in total. The van der Waals surface area contributed by atoms with E-state index in [2.05, 4.69) is 10.6 Å². The van der Waals surface area contributed by atoms with Crippen LogP contribution in [0.25, 0.3) is 6.08 Å². The van der Waals surface area contributed by atoms with Gasteiger partial charge in [0.15, 0.2) is 18.1 Å². The summed E-state index contributed by atoms with van der Waals surface area (Å²) >= 11 is 6.48. The van der Waals surface area contributed by atoms with Crippen molar-refractivity contribution >= 4 is 52.8 Å². The quantitative estimate of drug-likeness (QED) is 0.302. The molecular formula is C29H26ClN3O6. The van der Waals surface area contributed by atoms with E-state index in [4.69, 9.17) is 21.1 Å². The first-order valence-electron chi connectivity index (χ1n) is 12.1. The lowest BCUT2D eigenvalue weighted by Gasteiger charge is -2.26. The van der Waals surface area contributed by atoms with Gasteiger partial charge < -0.3 is 14.8 Å². The van der Waals surface area contributed by atoms with E-state index < -0.39 is 17.8 Å². The molecule has 3 aromatic carbocycles. The van der Waals surface area contributed by atoms with Crippen molar-refractivity contribution in [1.82, 2.24) is 5.32 Å². The Bertz CT molecular complexity index is 1490. The highest BCUT2D eigenvalue weighted by atomic mass is 35.5. The van der Waals surface area contributed by atoms with Gasteiger partial charge in [0.25, 0.3) is 17.7 Å². The minimum atomic E-state index is -0.843. The Morgan fingerprint density at radius 3 is 2.49 bits per heavy atom. The van der Waals surface area contributed by atoms with Crippen molar-refractivity contribution in [2.24, 2.45) is 0 Å². The molecule has 0 radical (unpaired) electrons. The standard InChI is InChI=1S/C29H26ClN3O6/c1-4-38-24-15-19(13-21-27(35)32-29(37)33(28(21)36)20-8-6-5-7-9-20)14-22(30)26(24)39-16-25(34)31-23-12-17(2)10-11-18(23)3/h5-15H,4,16H2,1-3H3,(H,31,34)(H,32,35,37)/b21-13-. The van der Waals surface area contributed by atoms with Crippen molar-refractivity contribution in [3.05, 3.63) is 87.9 Å². The Labute approximate surface area is 230 Å². The molecule has 3 aromatic rings. The maximum absolute atomic E-state index is 13.1. The summed E-state index contributed by atoms with van der Waals surface area (Å²) in [5, 5.41) is 5.10. The average Bonchev–Trinajstić information content (AvgIpc) is 2.89. The van der Waals surface area contributed by atoms with Crippen molar-refractivity contribution in [1.29, 1.82) is 0 Å². The average molecular weight is 548 g/mol. The molecule has 0 bridgehead atoms. The molecule has 1 aliphatic rings. The molecule has 1 saturated heterocycles. The largest absolute Gasteiger partial charge is 0.490 e. The molecule has 1 heterocycles. The van der Waals surface area contributed by atoms with Crippen molar-refractivity contribution < 1.29 is 28.7 Å². The van der Waals surface area contributed by atoms with Gasteiger partial charge in [-0.1, -0.05) is 41.9 Å². The number of ether oxygens (including phenoxy) is 2. The number of hydrogen-bond acceptors (Lipinski definition) is 6. The third-order valence-corrected chi connectivity index (χ3v) is 6.05. The number of aryl methyl sites for hydroxylation is 2. The molecule has 2 N–H and O–H groups in total. The van der Waals surface area contributed by atoms with Crippen LogP contribution in [-0.2, 0) is 14.4 Å². The summed E-state index contributed by atoms with van der Waals surface area (Å²) in [6, 6.07) is 16.1. The first-order valence-corrected chi connectivity index (χ1v) is 12.5. The number of urea groups is 1. The molecule has 0 saturated carbocycles. The van der Waals surface area contributed by atoms with Crippen LogP contribution < -0.4 is 25.0 Å². The minimum absolute atomic E-state index is 0.104. The number of amides is 5. The Hall–Kier alpha value is -4.63. The number of hydrogen-bond donors (Lipinski definition) is 2. The number of imide groups is 2. The van der Waals surface area contributed by atoms with Crippen molar-refractivity contribution in [2.45, 2.75) is 20.8 Å². The van der Waals surface area contributed by atoms with Gasteiger partial charge in [0, 0.05) is 5.69 Å². The summed E-state index contributed by atoms with van der Waals surface area (Å²) in [4.78, 5) is 51.5. The zero-order valence-corrected chi connectivity index (χ0v) is 22.3. The topological polar surface area (TPSA) is 114 Å². The van der Waals surface area contributed by atoms with Crippen LogP contribution in [0.3, 0.4) is 0 Å². The highest BCUT2D eigenvalue weighted by Gasteiger charge is 2.36. The van der Waals surface area contributed by atoms with Crippen LogP contribution in [0.15, 0.2) is 66.2 Å². The second-order valence-electron chi connectivity index (χ2n) is 8.71. The fourth-order valence-electron chi connectivity index (χ4n) is 3.90. The van der Waals surface area contributed by atoms with Crippen LogP contribution in [-0.4, -0.2) is 37.0 Å². The number of nitrogens with zero attached hydrogens (tertiary/aromatic N) is 1. The van der Waals surface area contributed by atoms with E-state index in [1.165, 1.54) is 18.2 Å². The Morgan fingerprint density at radius 1 is 1.03 bits per heavy atom. The Balaban J connectivity index is 1.58. The molecule has 39 heavy (non-hydrogen) atoms. The van der Waals surface area contributed by atoms with E-state index in [9.17, 15) is 19.2 Å². The number of carbonyl (C=O) groups excluding carboxylic acids is 4. The van der Waals surface area contributed by atoms with E-state index >= 15 is 0 Å². The molecule has 10 heteroatoms. The number of para-hydroxylation sites is 1. The third kappa shape index (κ3) is 6.27. The number of carbonyl (C=O) groups is 4. The zero-order valence-electron chi connectivity index (χ0n) is 21.5. The fraction of sp³-hybridized carbons (Fsp3) is 0.172. The predicted molar refractivity (Wildman–Crippen MR) is 148 cm³/mol. The number of barbiturate groups is 1. The molecule has 4 rings (SSSR count). The van der Waals surface area contributed by atoms with Crippen LogP contribution in [0.4, 0.5) is 16.2 Å². The van der Waals surface area contributed by atoms with E-state index in [0.717, 1.165) is 16.0 Å². The smallest absolute Gasteiger partial charge is 0.335 e. The van der Waals surface area contributed by atoms with Crippen molar-refractivity contribution in [3.8, 4) is 11.5 Å². The molecular weight excluding hydrogens is 522 g/mol. The number of benzene rings is 3. The SMILES string of the molecule is CCOc1cc(/C=C2/C(=O)NC(=O)N(c3ccccc3)C2=O)cc(Cl)c1OCC(=O)Nc1cc(C)ccc1C. The van der Waals surface area contributed by atoms with E-state index in [0.29, 0.717) is 16.9 Å². The van der Waals surface area contributed by atoms with Crippen LogP contribution in [0, 0.1) is 13.8 Å². The summed E-state index contributed by atoms with van der Waals surface area (Å²) in [7, 11) is 0. The van der Waals surface area contributed by atoms with Gasteiger partial charge in [0.05, 0.1) is 17.3 Å². The summed E-state index contributed by atoms with van der Waals surface area (Å²) in [6.07, 6.45) is 1.31. The fourth-order valence-corrected chi connectivity index (χ4v) is 4.18. The van der Waals surface area contributed by atoms with Crippen molar-refractivity contribution in [3.63, 3.8) is 0 Å². The van der Waals surface area contributed by atoms with Gasteiger partial charge in [0.1, 0.15) is 5.57 Å². The Morgan fingerprint density at radius 2 is 1.77 bits per heavy atom. The summed E-state index contributed by atoms with van der Waals surface area (Å²) in [6.45, 7) is 5.51. The molecule has 0 unspecified atom stereocenters. The summed E-state index contributed by atoms with van der Waals surface area (Å²) in [5.41, 5.74) is 3.00. The normalized spacial score (nSPS) is 14.3. The lowest BCUT2D eigenvalue weighted by atomic mass is 10.1. The summed E-state index contributed by atoms with van der Waals surface area (Å²) in [5.74, 6) is -1.65. The number of nitrogens with one attached hydrogen (secondary N) is 2. The zero-order chi connectivity index (χ0) is 28.1. The lowest BCUT2D eigenvalue weighted by Crippen LogP contribution is -2.54. The molecule has 1 aliphatic heterocycles. The predicted octanol–water partition coefficient (Wildman–Crippen LogP) is 5.04. The highest BCUT2D eigenvalue weighted by Crippen LogP contribution is 2.37. The van der Waals surface area contributed by atoms with Gasteiger partial charge in [-0.2, -0.15) is 0 Å². The van der Waals surface area contributed by atoms with E-state index in [-0.39, 0.29) is 41.2 Å². The van der Waals surface area contributed by atoms with Gasteiger partial charge in [-0.3, -0.25) is 19.7 Å². The van der Waals surface area contributed by atoms with Gasteiger partial charge in [-0.15, -0.1) is 0 Å². The monoisotopic (exact) mass is 547 g/mol. The number of anilines is 2. The Kier molecular flexibility index (Phi) is 8.31. The highest BCUT2D eigenvalue weighted by molar-refractivity contribution is 6.39. The molecule has 0 atom stereocenters. The second kappa shape index (κ2) is 11.8. The van der Waals surface area contributed by atoms with Gasteiger partial charge >= 0.3 is 6.03 Å². The second-order valence-corrected chi connectivity index (χ2v) is 9.12. The van der Waals surface area contributed by atoms with Crippen LogP contribution >= 0.6 is 11.6 Å². The number of rotatable bonds is 8. The molecule has 1 fully saturated rings. The molecule has 0 aliphatic carbocycles. The van der Waals surface area contributed by atoms with Gasteiger partial charge in [-0.25, -0.2) is 9.69 Å². The molecule has 0 aromatic heterocycles. The first-order chi connectivity index (χ1) is 18.7. The van der Waals surface area contributed by atoms with Crippen LogP contribution in [0.2, 0.25) is 5.02 Å². The number of halogens is 1. The minimum Gasteiger partial charge on any atom is -0.490 e. The molecule has 200 valence electrons. The van der Waals surface area contributed by atoms with Crippen LogP contribution in [0.5, 0.6) is 11.5 Å². The lowest BCUT2D eigenvalue weighted by molar-refractivity contribution is -0.122. The first kappa shape index (κ1) is 27.4. The molecule has 0 spiro atoms. The summed E-state index contributed by atoms with van der Waals surface area (Å²) < 4.78 is 11.4. The van der Waals surface area contributed by atoms with E-state index in [1.807, 2.05) is 32.0 Å². The third-order valence-electron chi connectivity index (χ3n) is 5.77. The van der Waals surface area contributed by atoms with Crippen molar-refractivity contribution in [2.75, 3.05) is 23.4 Å². The maximum Gasteiger partial charge on any atom is 0.335 e. The van der Waals surface area contributed by atoms with Gasteiger partial charge in [0.2, 0.25) is 0 Å². The van der Waals surface area contributed by atoms with Crippen LogP contribution in [0.1, 0.15) is 23.6 Å². The maximum atomic E-state index is 13.1. The van der Waals surface area contributed by atoms with Gasteiger partial charge in [-0.05, 0) is 73.9 Å². The van der Waals surface area contributed by atoms with E-state index in [1.54, 1.807) is 37.3 Å². The molecule has 5 amide bonds.